The van der Waals surface area contributed by atoms with Gasteiger partial charge in [-0.05, 0) is 74.2 Å². The van der Waals surface area contributed by atoms with Crippen molar-refractivity contribution in [2.45, 2.75) is 51.8 Å². The molecule has 6 rings (SSSR count). The molecule has 1 saturated carbocycles. The maximum absolute atomic E-state index is 15.3. The first-order valence-corrected chi connectivity index (χ1v) is 13.9. The van der Waals surface area contributed by atoms with Crippen molar-refractivity contribution < 1.29 is 18.3 Å². The zero-order chi connectivity index (χ0) is 27.8. The van der Waals surface area contributed by atoms with E-state index in [9.17, 15) is 9.18 Å². The van der Waals surface area contributed by atoms with Crippen molar-refractivity contribution in [2.24, 2.45) is 0 Å². The predicted molar refractivity (Wildman–Crippen MR) is 151 cm³/mol. The maximum atomic E-state index is 15.3. The molecule has 1 N–H and O–H groups in total. The number of carbonyl (C=O) groups is 1. The van der Waals surface area contributed by atoms with Crippen molar-refractivity contribution in [1.29, 1.82) is 0 Å². The first-order valence-electron chi connectivity index (χ1n) is 13.9. The fraction of sp³-hybridized carbons (Fsp3) is 0.355. The Bertz CT molecular complexity index is 1530. The fourth-order valence-corrected chi connectivity index (χ4v) is 5.39. The molecule has 1 aliphatic heterocycles. The number of piperazine rings is 1. The Morgan fingerprint density at radius 3 is 2.58 bits per heavy atom. The van der Waals surface area contributed by atoms with Crippen LogP contribution in [-0.2, 0) is 13.0 Å². The van der Waals surface area contributed by atoms with E-state index in [4.69, 9.17) is 4.74 Å². The van der Waals surface area contributed by atoms with Gasteiger partial charge in [0.1, 0.15) is 28.7 Å². The molecule has 4 aromatic rings. The van der Waals surface area contributed by atoms with E-state index < -0.39 is 5.82 Å². The summed E-state index contributed by atoms with van der Waals surface area (Å²) in [5.74, 6) is -0.145. The molecule has 2 aromatic heterocycles. The Morgan fingerprint density at radius 1 is 1.07 bits per heavy atom. The van der Waals surface area contributed by atoms with Gasteiger partial charge in [0.2, 0.25) is 0 Å². The van der Waals surface area contributed by atoms with Crippen molar-refractivity contribution in [3.63, 3.8) is 0 Å². The number of fused-ring (bicyclic) bond motifs is 1. The van der Waals surface area contributed by atoms with Crippen LogP contribution in [0.15, 0.2) is 60.8 Å². The van der Waals surface area contributed by atoms with Crippen LogP contribution in [0.3, 0.4) is 0 Å². The van der Waals surface area contributed by atoms with Gasteiger partial charge in [-0.25, -0.2) is 13.8 Å². The number of imidazole rings is 1. The summed E-state index contributed by atoms with van der Waals surface area (Å²) < 4.78 is 36.3. The molecular weight excluding hydrogens is 512 g/mol. The Labute approximate surface area is 232 Å². The quantitative estimate of drug-likeness (QED) is 0.323. The number of benzene rings is 2. The van der Waals surface area contributed by atoms with E-state index in [1.807, 2.05) is 25.1 Å². The second-order valence-corrected chi connectivity index (χ2v) is 10.6. The number of halogens is 2. The van der Waals surface area contributed by atoms with Crippen molar-refractivity contribution >= 4 is 22.9 Å². The SMILES string of the molecule is CCc1nc2cc(F)ccn2c1C(=O)NCc1ccc(N2CCN(c3ccc(OC4CC4)cc3)[C@@H](C)C2)c(F)c1. The molecule has 2 aliphatic rings. The number of nitrogens with zero attached hydrogens (tertiary/aromatic N) is 4. The summed E-state index contributed by atoms with van der Waals surface area (Å²) in [6, 6.07) is 16.2. The Balaban J connectivity index is 1.08. The molecular formula is C31H33F2N5O2. The molecule has 1 aliphatic carbocycles. The monoisotopic (exact) mass is 545 g/mol. The molecule has 0 radical (unpaired) electrons. The molecule has 9 heteroatoms. The molecule has 2 fully saturated rings. The van der Waals surface area contributed by atoms with Gasteiger partial charge in [0.25, 0.3) is 5.91 Å². The molecule has 0 spiro atoms. The highest BCUT2D eigenvalue weighted by Crippen LogP contribution is 2.30. The number of hydrogen-bond donors (Lipinski definition) is 1. The van der Waals surface area contributed by atoms with Crippen LogP contribution in [0.2, 0.25) is 0 Å². The van der Waals surface area contributed by atoms with E-state index in [-0.39, 0.29) is 24.3 Å². The third kappa shape index (κ3) is 5.33. The minimum Gasteiger partial charge on any atom is -0.490 e. The maximum Gasteiger partial charge on any atom is 0.270 e. The molecule has 2 aromatic carbocycles. The lowest BCUT2D eigenvalue weighted by molar-refractivity contribution is 0.0944. The third-order valence-electron chi connectivity index (χ3n) is 7.64. The van der Waals surface area contributed by atoms with E-state index in [0.717, 1.165) is 30.8 Å². The molecule has 40 heavy (non-hydrogen) atoms. The topological polar surface area (TPSA) is 62.1 Å². The standard InChI is InChI=1S/C31H33F2N5O2/c1-3-27-30(38-13-12-22(32)17-29(38)35-27)31(39)34-18-21-4-11-28(26(33)16-21)36-14-15-37(20(2)19-36)23-5-7-24(8-6-23)40-25-9-10-25/h4-8,11-13,16-17,20,25H,3,9-10,14-15,18-19H2,1-2H3,(H,34,39)/t20-/m0/s1. The number of carbonyl (C=O) groups excluding carboxylic acids is 1. The Morgan fingerprint density at radius 2 is 1.88 bits per heavy atom. The van der Waals surface area contributed by atoms with E-state index in [0.29, 0.717) is 53.9 Å². The van der Waals surface area contributed by atoms with Crippen LogP contribution in [0, 0.1) is 11.6 Å². The number of ether oxygens (including phenoxy) is 1. The summed E-state index contributed by atoms with van der Waals surface area (Å²) >= 11 is 0. The first-order chi connectivity index (χ1) is 19.4. The fourth-order valence-electron chi connectivity index (χ4n) is 5.39. The van der Waals surface area contributed by atoms with Gasteiger partial charge in [-0.1, -0.05) is 13.0 Å². The summed E-state index contributed by atoms with van der Waals surface area (Å²) in [6.45, 7) is 6.39. The van der Waals surface area contributed by atoms with Crippen LogP contribution in [0.4, 0.5) is 20.2 Å². The van der Waals surface area contributed by atoms with E-state index in [1.54, 1.807) is 10.5 Å². The van der Waals surface area contributed by atoms with Gasteiger partial charge in [0.05, 0.1) is 17.5 Å². The summed E-state index contributed by atoms with van der Waals surface area (Å²) in [5.41, 5.74) is 3.70. The number of aryl methyl sites for hydroxylation is 1. The van der Waals surface area contributed by atoms with Gasteiger partial charge in [-0.15, -0.1) is 0 Å². The van der Waals surface area contributed by atoms with E-state index >= 15 is 4.39 Å². The van der Waals surface area contributed by atoms with Gasteiger partial charge in [-0.2, -0.15) is 0 Å². The summed E-state index contributed by atoms with van der Waals surface area (Å²) in [7, 11) is 0. The average Bonchev–Trinajstić information content (AvgIpc) is 3.69. The Hall–Kier alpha value is -4.14. The molecule has 1 saturated heterocycles. The molecule has 1 atom stereocenters. The highest BCUT2D eigenvalue weighted by Gasteiger charge is 2.27. The average molecular weight is 546 g/mol. The molecule has 3 heterocycles. The zero-order valence-corrected chi connectivity index (χ0v) is 22.7. The lowest BCUT2D eigenvalue weighted by Crippen LogP contribution is -2.52. The predicted octanol–water partition coefficient (Wildman–Crippen LogP) is 5.36. The summed E-state index contributed by atoms with van der Waals surface area (Å²) in [6.07, 6.45) is 4.68. The van der Waals surface area contributed by atoms with Crippen LogP contribution in [0.25, 0.3) is 5.65 Å². The Kier molecular flexibility index (Phi) is 7.04. The van der Waals surface area contributed by atoms with Crippen LogP contribution in [-0.4, -0.2) is 47.1 Å². The highest BCUT2D eigenvalue weighted by molar-refractivity contribution is 5.94. The number of rotatable bonds is 8. The van der Waals surface area contributed by atoms with E-state index in [2.05, 4.69) is 39.2 Å². The molecule has 0 unspecified atom stereocenters. The van der Waals surface area contributed by atoms with Crippen molar-refractivity contribution in [1.82, 2.24) is 14.7 Å². The van der Waals surface area contributed by atoms with Crippen molar-refractivity contribution in [3.05, 3.63) is 89.4 Å². The number of aromatic nitrogens is 2. The number of anilines is 2. The van der Waals surface area contributed by atoms with Gasteiger partial charge in [0.15, 0.2) is 0 Å². The number of pyridine rings is 1. The summed E-state index contributed by atoms with van der Waals surface area (Å²) in [5, 5.41) is 2.87. The minimum atomic E-state index is -0.411. The molecule has 1 amide bonds. The van der Waals surface area contributed by atoms with Gasteiger partial charge >= 0.3 is 0 Å². The number of nitrogens with one attached hydrogen (secondary N) is 1. The molecule has 208 valence electrons. The van der Waals surface area contributed by atoms with Crippen molar-refractivity contribution in [3.8, 4) is 5.75 Å². The van der Waals surface area contributed by atoms with Crippen LogP contribution >= 0.6 is 0 Å². The van der Waals surface area contributed by atoms with Crippen LogP contribution in [0.1, 0.15) is 48.4 Å². The largest absolute Gasteiger partial charge is 0.490 e. The number of amides is 1. The third-order valence-corrected chi connectivity index (χ3v) is 7.64. The van der Waals surface area contributed by atoms with Crippen LogP contribution in [0.5, 0.6) is 5.75 Å². The lowest BCUT2D eigenvalue weighted by Gasteiger charge is -2.42. The minimum absolute atomic E-state index is 0.165. The summed E-state index contributed by atoms with van der Waals surface area (Å²) in [4.78, 5) is 21.8. The van der Waals surface area contributed by atoms with Gasteiger partial charge in [-0.3, -0.25) is 9.20 Å². The zero-order valence-electron chi connectivity index (χ0n) is 22.7. The normalized spacial score (nSPS) is 17.4. The molecule has 0 bridgehead atoms. The second kappa shape index (κ2) is 10.8. The number of hydrogen-bond acceptors (Lipinski definition) is 5. The van der Waals surface area contributed by atoms with Crippen molar-refractivity contribution in [2.75, 3.05) is 29.4 Å². The van der Waals surface area contributed by atoms with Gasteiger partial charge < -0.3 is 19.9 Å². The smallest absolute Gasteiger partial charge is 0.270 e. The van der Waals surface area contributed by atoms with E-state index in [1.165, 1.54) is 24.4 Å². The van der Waals surface area contributed by atoms with Crippen LogP contribution < -0.4 is 19.9 Å². The second-order valence-electron chi connectivity index (χ2n) is 10.6. The highest BCUT2D eigenvalue weighted by atomic mass is 19.1. The molecule has 7 nitrogen and oxygen atoms in total. The first kappa shape index (κ1) is 26.1. The van der Waals surface area contributed by atoms with Gasteiger partial charge in [0, 0.05) is 50.2 Å². The lowest BCUT2D eigenvalue weighted by atomic mass is 10.1.